The van der Waals surface area contributed by atoms with E-state index in [1.807, 2.05) is 41.5 Å². The molecule has 0 radical (unpaired) electrons. The largest absolute Gasteiger partial charge is 0.481 e. The zero-order chi connectivity index (χ0) is 12.3. The smallest absolute Gasteiger partial charge is 0.310 e. The van der Waals surface area contributed by atoms with Gasteiger partial charge in [-0.1, -0.05) is 0 Å². The van der Waals surface area contributed by atoms with Crippen molar-refractivity contribution in [3.63, 3.8) is 0 Å². The normalized spacial score (nSPS) is 13.9. The lowest BCUT2D eigenvalue weighted by Crippen LogP contribution is -2.42. The van der Waals surface area contributed by atoms with Crippen molar-refractivity contribution in [3.05, 3.63) is 0 Å². The zero-order valence-electron chi connectivity index (χ0n) is 10.5. The summed E-state index contributed by atoms with van der Waals surface area (Å²) in [6, 6.07) is 0. The third kappa shape index (κ3) is 9.25. The summed E-state index contributed by atoms with van der Waals surface area (Å²) < 4.78 is 0. The lowest BCUT2D eigenvalue weighted by Gasteiger charge is -2.25. The molecule has 0 aliphatic rings. The molecule has 0 saturated heterocycles. The van der Waals surface area contributed by atoms with E-state index in [1.54, 1.807) is 0 Å². The second-order valence-corrected chi connectivity index (χ2v) is 5.67. The molecule has 0 aliphatic carbocycles. The average Bonchev–Trinajstić information content (AvgIpc) is 1.73. The maximum atomic E-state index is 10.7. The number of nitrogens with zero attached hydrogens (tertiary/aromatic N) is 1. The number of carbonyl (C=O) groups is 1. The molecule has 0 amide bonds. The van der Waals surface area contributed by atoms with E-state index < -0.39 is 5.97 Å². The quantitative estimate of drug-likeness (QED) is 0.546. The Labute approximate surface area is 91.8 Å². The van der Waals surface area contributed by atoms with Crippen molar-refractivity contribution in [3.8, 4) is 0 Å². The lowest BCUT2D eigenvalue weighted by atomic mass is 10.1. The summed E-state index contributed by atoms with van der Waals surface area (Å²) in [5.74, 6) is -0.336. The number of aliphatic imine (C=N–C) groups is 1. The first-order chi connectivity index (χ1) is 6.49. The third-order valence-corrected chi connectivity index (χ3v) is 1.31. The molecule has 0 bridgehead atoms. The minimum Gasteiger partial charge on any atom is -0.481 e. The molecule has 0 atom stereocenters. The Balaban J connectivity index is 4.75. The van der Waals surface area contributed by atoms with E-state index in [0.29, 0.717) is 5.84 Å². The van der Waals surface area contributed by atoms with Crippen LogP contribution in [0.1, 0.15) is 48.0 Å². The zero-order valence-corrected chi connectivity index (χ0v) is 10.5. The Hall–Kier alpha value is -1.06. The first-order valence-corrected chi connectivity index (χ1v) is 5.08. The average molecular weight is 214 g/mol. The van der Waals surface area contributed by atoms with Crippen LogP contribution in [0.5, 0.6) is 0 Å². The van der Waals surface area contributed by atoms with Crippen molar-refractivity contribution < 1.29 is 9.90 Å². The minimum atomic E-state index is -0.866. The molecular weight excluding hydrogens is 192 g/mol. The fraction of sp³-hybridized carbons (Fsp3) is 0.818. The topological polar surface area (TPSA) is 61.7 Å². The van der Waals surface area contributed by atoms with Crippen LogP contribution in [0.2, 0.25) is 0 Å². The number of hydrogen-bond donors (Lipinski definition) is 2. The molecule has 0 aromatic rings. The number of hydrogen-bond acceptors (Lipinski definition) is 2. The standard InChI is InChI=1S/C11H22N2O2/c1-10(2,3)12-8(7-9(14)15)13-11(4,5)6/h7H2,1-6H3,(H,12,13)(H,14,15). The SMILES string of the molecule is CC(C)(C)N=C(CC(=O)O)NC(C)(C)C. The summed E-state index contributed by atoms with van der Waals surface area (Å²) in [4.78, 5) is 15.0. The highest BCUT2D eigenvalue weighted by molar-refractivity contribution is 5.97. The Morgan fingerprint density at radius 3 is 1.93 bits per heavy atom. The molecule has 4 heteroatoms. The van der Waals surface area contributed by atoms with Crippen LogP contribution < -0.4 is 5.32 Å². The maximum absolute atomic E-state index is 10.7. The third-order valence-electron chi connectivity index (χ3n) is 1.31. The van der Waals surface area contributed by atoms with Gasteiger partial charge in [-0.3, -0.25) is 9.79 Å². The van der Waals surface area contributed by atoms with Gasteiger partial charge in [-0.05, 0) is 41.5 Å². The number of carboxylic acid groups (broad SMARTS) is 1. The summed E-state index contributed by atoms with van der Waals surface area (Å²) in [5.41, 5.74) is -0.428. The second kappa shape index (κ2) is 4.64. The van der Waals surface area contributed by atoms with Crippen molar-refractivity contribution in [1.29, 1.82) is 0 Å². The molecule has 0 saturated carbocycles. The molecule has 0 rings (SSSR count). The highest BCUT2D eigenvalue weighted by Gasteiger charge is 2.17. The molecule has 4 nitrogen and oxygen atoms in total. The van der Waals surface area contributed by atoms with Crippen molar-refractivity contribution in [1.82, 2.24) is 5.32 Å². The van der Waals surface area contributed by atoms with Crippen molar-refractivity contribution in [2.45, 2.75) is 59.0 Å². The molecular formula is C11H22N2O2. The van der Waals surface area contributed by atoms with Gasteiger partial charge in [0, 0.05) is 5.54 Å². The number of amidine groups is 1. The van der Waals surface area contributed by atoms with Gasteiger partial charge in [0.1, 0.15) is 12.3 Å². The van der Waals surface area contributed by atoms with E-state index in [1.165, 1.54) is 0 Å². The van der Waals surface area contributed by atoms with Gasteiger partial charge in [-0.2, -0.15) is 0 Å². The Morgan fingerprint density at radius 2 is 1.67 bits per heavy atom. The fourth-order valence-corrected chi connectivity index (χ4v) is 1.09. The summed E-state index contributed by atoms with van der Waals surface area (Å²) in [5, 5.41) is 11.9. The first-order valence-electron chi connectivity index (χ1n) is 5.08. The molecule has 0 aliphatic heterocycles. The number of carboxylic acids is 1. The van der Waals surface area contributed by atoms with Gasteiger partial charge >= 0.3 is 5.97 Å². The molecule has 2 N–H and O–H groups in total. The predicted octanol–water partition coefficient (Wildman–Crippen LogP) is 2.05. The van der Waals surface area contributed by atoms with Gasteiger partial charge in [0.25, 0.3) is 0 Å². The van der Waals surface area contributed by atoms with Crippen LogP contribution in [0.4, 0.5) is 0 Å². The van der Waals surface area contributed by atoms with Gasteiger partial charge in [-0.15, -0.1) is 0 Å². The second-order valence-electron chi connectivity index (χ2n) is 5.67. The summed E-state index contributed by atoms with van der Waals surface area (Å²) in [7, 11) is 0. The van der Waals surface area contributed by atoms with Gasteiger partial charge in [0.2, 0.25) is 0 Å². The predicted molar refractivity (Wildman–Crippen MR) is 62.3 cm³/mol. The molecule has 0 spiro atoms. The van der Waals surface area contributed by atoms with Crippen LogP contribution >= 0.6 is 0 Å². The van der Waals surface area contributed by atoms with Crippen molar-refractivity contribution >= 4 is 11.8 Å². The Morgan fingerprint density at radius 1 is 1.20 bits per heavy atom. The van der Waals surface area contributed by atoms with Crippen LogP contribution in [-0.2, 0) is 4.79 Å². The van der Waals surface area contributed by atoms with Gasteiger partial charge < -0.3 is 10.4 Å². The maximum Gasteiger partial charge on any atom is 0.310 e. The van der Waals surface area contributed by atoms with E-state index in [0.717, 1.165) is 0 Å². The van der Waals surface area contributed by atoms with E-state index in [2.05, 4.69) is 10.3 Å². The highest BCUT2D eigenvalue weighted by atomic mass is 16.4. The molecule has 88 valence electrons. The lowest BCUT2D eigenvalue weighted by molar-refractivity contribution is -0.135. The summed E-state index contributed by atoms with van der Waals surface area (Å²) >= 11 is 0. The van der Waals surface area contributed by atoms with Crippen LogP contribution in [0, 0.1) is 0 Å². The van der Waals surface area contributed by atoms with Gasteiger partial charge in [0.05, 0.1) is 5.54 Å². The monoisotopic (exact) mass is 214 g/mol. The summed E-state index contributed by atoms with van der Waals surface area (Å²) in [6.07, 6.45) is -0.0610. The van der Waals surface area contributed by atoms with Crippen LogP contribution in [0.3, 0.4) is 0 Å². The Kier molecular flexibility index (Phi) is 4.31. The molecule has 0 heterocycles. The van der Waals surface area contributed by atoms with Crippen molar-refractivity contribution in [2.24, 2.45) is 4.99 Å². The van der Waals surface area contributed by atoms with Crippen LogP contribution in [-0.4, -0.2) is 28.0 Å². The van der Waals surface area contributed by atoms with E-state index in [9.17, 15) is 4.79 Å². The molecule has 0 aromatic heterocycles. The van der Waals surface area contributed by atoms with E-state index in [-0.39, 0.29) is 17.5 Å². The number of aliphatic carboxylic acids is 1. The van der Waals surface area contributed by atoms with Gasteiger partial charge in [-0.25, -0.2) is 0 Å². The number of nitrogens with one attached hydrogen (secondary N) is 1. The highest BCUT2D eigenvalue weighted by Crippen LogP contribution is 2.09. The minimum absolute atomic E-state index is 0.0610. The number of rotatable bonds is 2. The van der Waals surface area contributed by atoms with E-state index in [4.69, 9.17) is 5.11 Å². The summed E-state index contributed by atoms with van der Waals surface area (Å²) in [6.45, 7) is 11.8. The Bertz CT molecular complexity index is 257. The molecule has 15 heavy (non-hydrogen) atoms. The van der Waals surface area contributed by atoms with Gasteiger partial charge in [0.15, 0.2) is 0 Å². The van der Waals surface area contributed by atoms with Crippen molar-refractivity contribution in [2.75, 3.05) is 0 Å². The fourth-order valence-electron chi connectivity index (χ4n) is 1.09. The van der Waals surface area contributed by atoms with Crippen LogP contribution in [0.15, 0.2) is 4.99 Å². The van der Waals surface area contributed by atoms with E-state index >= 15 is 0 Å². The molecule has 0 fully saturated rings. The molecule has 0 aromatic carbocycles. The first kappa shape index (κ1) is 13.9. The van der Waals surface area contributed by atoms with Crippen LogP contribution in [0.25, 0.3) is 0 Å². The molecule has 0 unspecified atom stereocenters.